The molecule has 1 aromatic heterocycles. The van der Waals surface area contributed by atoms with Crippen LogP contribution in [-0.4, -0.2) is 130 Å². The van der Waals surface area contributed by atoms with Crippen molar-refractivity contribution < 1.29 is 73.3 Å². The lowest BCUT2D eigenvalue weighted by Crippen LogP contribution is -2.27. The van der Waals surface area contributed by atoms with Crippen molar-refractivity contribution in [2.75, 3.05) is 46.2 Å². The zero-order valence-corrected chi connectivity index (χ0v) is 73.7. The number of benzene rings is 6. The summed E-state index contributed by atoms with van der Waals surface area (Å²) in [6.45, 7) is 39.8. The molecule has 0 aliphatic carbocycles. The zero-order valence-electron chi connectivity index (χ0n) is 73.7. The quantitative estimate of drug-likeness (QED) is 0.0177. The highest BCUT2D eigenvalue weighted by molar-refractivity contribution is 5.41. The molecule has 7 aromatic rings. The third kappa shape index (κ3) is 52.2. The summed E-state index contributed by atoms with van der Waals surface area (Å²) in [6, 6.07) is 47.2. The van der Waals surface area contributed by atoms with Crippen LogP contribution in [-0.2, 0) is 37.5 Å². The summed E-state index contributed by atoms with van der Waals surface area (Å²) in [7, 11) is 0. The molecule has 0 saturated carbocycles. The lowest BCUT2D eigenvalue weighted by atomic mass is 9.80. The first-order chi connectivity index (χ1) is 54.8. The average Bonchev–Trinajstić information content (AvgIpc) is 0.814. The van der Waals surface area contributed by atoms with E-state index in [9.17, 15) is 19.7 Å². The molecule has 0 amide bonds. The van der Waals surface area contributed by atoms with E-state index >= 15 is 0 Å². The van der Waals surface area contributed by atoms with Gasteiger partial charge >= 0.3 is 0 Å². The Morgan fingerprint density at radius 2 is 0.750 bits per heavy atom. The predicted molar refractivity (Wildman–Crippen MR) is 511 cm³/mol. The molecule has 1 heterocycles. The highest BCUT2D eigenvalue weighted by atomic mass is 19.1. The minimum Gasteiger partial charge on any atom is -0.489 e. The van der Waals surface area contributed by atoms with Gasteiger partial charge in [-0.2, -0.15) is 0 Å². The van der Waals surface area contributed by atoms with Gasteiger partial charge in [0.25, 0.3) is 0 Å². The van der Waals surface area contributed by atoms with Gasteiger partial charge in [0.05, 0.1) is 51.9 Å². The maximum atomic E-state index is 13.3. The molecule has 16 heteroatoms. The molecule has 0 spiro atoms. The molecule has 8 unspecified atom stereocenters. The van der Waals surface area contributed by atoms with Gasteiger partial charge in [0.1, 0.15) is 89.3 Å². The van der Waals surface area contributed by atoms with Crippen LogP contribution >= 0.6 is 0 Å². The van der Waals surface area contributed by atoms with E-state index in [0.29, 0.717) is 24.2 Å². The number of hydrogen-bond donors (Lipinski definition) is 7. The fourth-order valence-corrected chi connectivity index (χ4v) is 11.9. The molecule has 0 saturated heterocycles. The van der Waals surface area contributed by atoms with Crippen LogP contribution in [0.1, 0.15) is 317 Å². The second kappa shape index (κ2) is 75.5. The number of aliphatic hydroxyl groups excluding tert-OH is 7. The van der Waals surface area contributed by atoms with E-state index in [-0.39, 0.29) is 138 Å². The van der Waals surface area contributed by atoms with Gasteiger partial charge in [-0.05, 0) is 216 Å². The Hall–Kier alpha value is -7.28. The highest BCUT2D eigenvalue weighted by Crippen LogP contribution is 2.36. The van der Waals surface area contributed by atoms with Gasteiger partial charge in [0, 0.05) is 12.3 Å². The smallest absolute Gasteiger partial charge is 0.140 e. The van der Waals surface area contributed by atoms with Crippen LogP contribution < -0.4 is 33.2 Å². The predicted octanol–water partition coefficient (Wildman–Crippen LogP) is 25.8. The SMILES string of the molecule is C.C.C.C.C.C.CCCC(C)(C)c1ccccc1OC(C)CO.CCCC(C)c1ccccc1OC(C)CO.CCCCCc1ccccc1OC(C)CO.CCCCc1ccc(F)cc1OC(CO)C(C)C.CCCCc1ccccc1OC(C)C(C)O.CCCCc1ccccc1OC(CO)C(C)C.CCCCc1ccncc1OCCO. The van der Waals surface area contributed by atoms with Crippen molar-refractivity contribution in [1.82, 2.24) is 4.98 Å². The maximum Gasteiger partial charge on any atom is 0.140 e. The number of unbranched alkanes of at least 4 members (excludes halogenated alkanes) is 6. The number of aromatic nitrogens is 1. The lowest BCUT2D eigenvalue weighted by molar-refractivity contribution is 0.0598. The van der Waals surface area contributed by atoms with Crippen LogP contribution in [0.5, 0.6) is 40.2 Å². The van der Waals surface area contributed by atoms with E-state index in [2.05, 4.69) is 118 Å². The summed E-state index contributed by atoms with van der Waals surface area (Å²) in [6.07, 6.45) is 24.5. The van der Waals surface area contributed by atoms with Gasteiger partial charge in [-0.1, -0.05) is 290 Å². The standard InChI is InChI=1S/C15H23FO2.2C15H24O2.3C14H22O2.C11H17NO2.6CH4/c1-4-5-6-12-7-8-13(16)9-14(12)18-15(10-17)11(2)3;1-5-10-15(3,4)13-8-6-7-9-14(13)17-12(2)11-16;1-4-5-8-13-9-6-7-10-14(13)17-15(11-16)12(2)3;1-4-7-11(2)13-8-5-6-9-14(13)16-12(3)10-15;1-4-5-8-13-9-6-7-10-14(13)16-12(3)11(2)15;1-3-4-5-8-13-9-6-7-10-14(13)16-12(2)11-15;1-2-3-4-10-5-6-12-9-11(10)14-8-7-13;;;;;;/h7-9,11,15,17H,4-6,10H2,1-3H3;6-9,12,16H,5,10-11H2,1-4H3;6-7,9-10,12,15-16H,4-5,8,11H2,1-3H3;5-6,8-9,11-12,15H,4,7,10H2,1-3H3;6-7,9-12,15H,4-5,8H2,1-3H3;6-7,9-10,12,15H,3-5,8,11H2,1-2H3;5-6,9,13H,2-4,7-8H2,1H3;6*1H4. The molecule has 690 valence electrons. The largest absolute Gasteiger partial charge is 0.489 e. The van der Waals surface area contributed by atoms with Crippen LogP contribution in [0.4, 0.5) is 4.39 Å². The lowest BCUT2D eigenvalue weighted by Gasteiger charge is -2.28. The number of aryl methyl sites for hydroxylation is 5. The molecule has 6 aromatic carbocycles. The summed E-state index contributed by atoms with van der Waals surface area (Å²) >= 11 is 0. The van der Waals surface area contributed by atoms with E-state index in [1.807, 2.05) is 139 Å². The van der Waals surface area contributed by atoms with Gasteiger partial charge in [0.15, 0.2) is 0 Å². The molecule has 8 atom stereocenters. The van der Waals surface area contributed by atoms with Gasteiger partial charge in [-0.3, -0.25) is 4.98 Å². The molecular formula is C104H178FNO14. The van der Waals surface area contributed by atoms with Crippen molar-refractivity contribution in [1.29, 1.82) is 0 Å². The molecule has 7 rings (SSSR count). The fourth-order valence-electron chi connectivity index (χ4n) is 11.9. The maximum absolute atomic E-state index is 13.3. The topological polar surface area (TPSA) is 219 Å². The number of halogens is 1. The van der Waals surface area contributed by atoms with E-state index in [0.717, 1.165) is 111 Å². The monoisotopic (exact) mass is 1680 g/mol. The van der Waals surface area contributed by atoms with E-state index in [1.165, 1.54) is 103 Å². The van der Waals surface area contributed by atoms with E-state index < -0.39 is 6.10 Å². The molecule has 0 aliphatic heterocycles. The second-order valence-electron chi connectivity index (χ2n) is 30.9. The molecule has 0 fully saturated rings. The third-order valence-corrected chi connectivity index (χ3v) is 19.2. The number of para-hydroxylation sites is 5. The van der Waals surface area contributed by atoms with Gasteiger partial charge in [0.2, 0.25) is 0 Å². The summed E-state index contributed by atoms with van der Waals surface area (Å²) < 4.78 is 53.2. The van der Waals surface area contributed by atoms with Crippen LogP contribution in [0.25, 0.3) is 0 Å². The van der Waals surface area contributed by atoms with E-state index in [1.54, 1.807) is 25.4 Å². The Balaban J connectivity index is -0.000000314. The minimum absolute atomic E-state index is 0. The average molecular weight is 1690 g/mol. The molecule has 120 heavy (non-hydrogen) atoms. The third-order valence-electron chi connectivity index (χ3n) is 19.2. The van der Waals surface area contributed by atoms with Crippen molar-refractivity contribution in [2.45, 2.75) is 359 Å². The Bertz CT molecular complexity index is 3450. The number of aliphatic hydroxyl groups is 7. The summed E-state index contributed by atoms with van der Waals surface area (Å²) in [5, 5.41) is 63.7. The molecular weight excluding hydrogens is 1510 g/mol. The molecule has 0 radical (unpaired) electrons. The first-order valence-electron chi connectivity index (χ1n) is 42.9. The van der Waals surface area contributed by atoms with Gasteiger partial charge < -0.3 is 68.9 Å². The Kier molecular flexibility index (Phi) is 77.7. The first kappa shape index (κ1) is 124. The Morgan fingerprint density at radius 3 is 1.17 bits per heavy atom. The summed E-state index contributed by atoms with van der Waals surface area (Å²) in [4.78, 5) is 4.00. The summed E-state index contributed by atoms with van der Waals surface area (Å²) in [5.41, 5.74) is 8.49. The zero-order chi connectivity index (χ0) is 85.1. The molecule has 15 nitrogen and oxygen atoms in total. The van der Waals surface area contributed by atoms with Crippen molar-refractivity contribution in [3.05, 3.63) is 203 Å². The molecule has 7 N–H and O–H groups in total. The number of ether oxygens (including phenoxy) is 7. The Morgan fingerprint density at radius 1 is 0.375 bits per heavy atom. The number of rotatable bonds is 45. The normalized spacial score (nSPS) is 12.3. The van der Waals surface area contributed by atoms with Crippen molar-refractivity contribution in [3.63, 3.8) is 0 Å². The first-order valence-corrected chi connectivity index (χ1v) is 42.9. The Labute approximate surface area is 734 Å². The van der Waals surface area contributed by atoms with E-state index in [4.69, 9.17) is 53.6 Å². The van der Waals surface area contributed by atoms with Crippen molar-refractivity contribution in [2.24, 2.45) is 11.8 Å². The van der Waals surface area contributed by atoms with Crippen LogP contribution in [0.3, 0.4) is 0 Å². The van der Waals surface area contributed by atoms with Crippen molar-refractivity contribution in [3.8, 4) is 40.2 Å². The molecule has 0 bridgehead atoms. The van der Waals surface area contributed by atoms with Gasteiger partial charge in [-0.25, -0.2) is 4.39 Å². The molecule has 0 aliphatic rings. The van der Waals surface area contributed by atoms with Crippen LogP contribution in [0.15, 0.2) is 158 Å². The highest BCUT2D eigenvalue weighted by Gasteiger charge is 2.25. The van der Waals surface area contributed by atoms with Crippen molar-refractivity contribution >= 4 is 0 Å². The minimum atomic E-state index is -0.445. The number of pyridine rings is 1. The van der Waals surface area contributed by atoms with Gasteiger partial charge in [-0.15, -0.1) is 0 Å². The number of hydrogen-bond acceptors (Lipinski definition) is 15. The van der Waals surface area contributed by atoms with Crippen LogP contribution in [0, 0.1) is 17.7 Å². The summed E-state index contributed by atoms with van der Waals surface area (Å²) in [5.74, 6) is 6.64. The second-order valence-corrected chi connectivity index (χ2v) is 30.9. The fraction of sp³-hybridized carbons (Fsp3) is 0.606. The van der Waals surface area contributed by atoms with Crippen LogP contribution in [0.2, 0.25) is 0 Å². The number of nitrogens with zero attached hydrogens (tertiary/aromatic N) is 1.